The Morgan fingerprint density at radius 2 is 2.40 bits per heavy atom. The molecule has 2 N–H and O–H groups in total. The van der Waals surface area contributed by atoms with E-state index in [4.69, 9.17) is 12.2 Å². The van der Waals surface area contributed by atoms with Crippen LogP contribution >= 0.6 is 24.0 Å². The van der Waals surface area contributed by atoms with E-state index < -0.39 is 0 Å². The molecular formula is C13H22N4OS2. The van der Waals surface area contributed by atoms with Crippen LogP contribution in [0.5, 0.6) is 0 Å². The first-order valence-electron chi connectivity index (χ1n) is 7.02. The third-order valence-electron chi connectivity index (χ3n) is 3.63. The first kappa shape index (κ1) is 15.6. The second-order valence-corrected chi connectivity index (χ2v) is 7.58. The van der Waals surface area contributed by atoms with Crippen LogP contribution in [0.25, 0.3) is 0 Å². The molecule has 1 fully saturated rings. The lowest BCUT2D eigenvalue weighted by molar-refractivity contribution is -0.123. The van der Waals surface area contributed by atoms with Crippen molar-refractivity contribution in [1.82, 2.24) is 20.1 Å². The molecule has 0 radical (unpaired) electrons. The Morgan fingerprint density at radius 1 is 1.65 bits per heavy atom. The lowest BCUT2D eigenvalue weighted by Crippen LogP contribution is -2.41. The predicted octanol–water partition coefficient (Wildman–Crippen LogP) is 2.47. The highest BCUT2D eigenvalue weighted by molar-refractivity contribution is 8.01. The largest absolute Gasteiger partial charge is 0.354 e. The van der Waals surface area contributed by atoms with Crippen LogP contribution in [0.2, 0.25) is 0 Å². The molecule has 0 saturated carbocycles. The summed E-state index contributed by atoms with van der Waals surface area (Å²) >= 11 is 6.97. The average molecular weight is 314 g/mol. The van der Waals surface area contributed by atoms with Crippen LogP contribution < -0.4 is 5.32 Å². The van der Waals surface area contributed by atoms with E-state index in [1.807, 2.05) is 11.5 Å². The van der Waals surface area contributed by atoms with Crippen molar-refractivity contribution in [2.24, 2.45) is 0 Å². The van der Waals surface area contributed by atoms with Gasteiger partial charge in [0.1, 0.15) is 5.82 Å². The van der Waals surface area contributed by atoms with Gasteiger partial charge in [0.2, 0.25) is 5.91 Å². The summed E-state index contributed by atoms with van der Waals surface area (Å²) in [4.78, 5) is 12.2. The molecule has 112 valence electrons. The molecule has 0 aromatic carbocycles. The van der Waals surface area contributed by atoms with Crippen LogP contribution in [0.15, 0.2) is 0 Å². The Balaban J connectivity index is 1.90. The highest BCUT2D eigenvalue weighted by Gasteiger charge is 2.36. The zero-order valence-electron chi connectivity index (χ0n) is 12.2. The Hall–Kier alpha value is -0.820. The topological polar surface area (TPSA) is 62.7 Å². The first-order valence-corrected chi connectivity index (χ1v) is 8.41. The average Bonchev–Trinajstić information content (AvgIpc) is 2.97. The molecule has 1 aromatic heterocycles. The van der Waals surface area contributed by atoms with Crippen LogP contribution in [0.1, 0.15) is 45.5 Å². The van der Waals surface area contributed by atoms with Crippen LogP contribution in [0, 0.1) is 4.77 Å². The van der Waals surface area contributed by atoms with Gasteiger partial charge < -0.3 is 9.88 Å². The van der Waals surface area contributed by atoms with E-state index in [0.29, 0.717) is 17.7 Å². The van der Waals surface area contributed by atoms with Gasteiger partial charge in [-0.1, -0.05) is 0 Å². The maximum Gasteiger partial charge on any atom is 0.235 e. The second-order valence-electron chi connectivity index (χ2n) is 5.60. The van der Waals surface area contributed by atoms with E-state index in [1.54, 1.807) is 11.8 Å². The van der Waals surface area contributed by atoms with Crippen molar-refractivity contribution < 1.29 is 4.79 Å². The Bertz CT molecular complexity index is 529. The summed E-state index contributed by atoms with van der Waals surface area (Å²) in [5.41, 5.74) is 0. The van der Waals surface area contributed by atoms with Crippen LogP contribution in [0.3, 0.4) is 0 Å². The van der Waals surface area contributed by atoms with Crippen molar-refractivity contribution in [1.29, 1.82) is 0 Å². The van der Waals surface area contributed by atoms with Crippen molar-refractivity contribution in [3.05, 3.63) is 10.6 Å². The number of carbonyl (C=O) groups is 1. The second kappa shape index (κ2) is 6.30. The molecule has 0 bridgehead atoms. The van der Waals surface area contributed by atoms with E-state index in [9.17, 15) is 4.79 Å². The summed E-state index contributed by atoms with van der Waals surface area (Å²) in [6, 6.07) is 0.273. The number of hydrogen-bond donors (Lipinski definition) is 2. The summed E-state index contributed by atoms with van der Waals surface area (Å²) < 4.78 is 2.38. The summed E-state index contributed by atoms with van der Waals surface area (Å²) in [6.07, 6.45) is 2.78. The Morgan fingerprint density at radius 3 is 3.00 bits per heavy atom. The molecule has 1 atom stereocenters. The predicted molar refractivity (Wildman–Crippen MR) is 84.6 cm³/mol. The number of carbonyl (C=O) groups excluding carboxylic acids is 1. The van der Waals surface area contributed by atoms with Crippen molar-refractivity contribution >= 4 is 29.9 Å². The minimum Gasteiger partial charge on any atom is -0.354 e. The van der Waals surface area contributed by atoms with Gasteiger partial charge in [-0.2, -0.15) is 5.10 Å². The smallest absolute Gasteiger partial charge is 0.235 e. The van der Waals surface area contributed by atoms with Gasteiger partial charge in [0.25, 0.3) is 0 Å². The number of aromatic nitrogens is 3. The number of amides is 1. The van der Waals surface area contributed by atoms with Crippen molar-refractivity contribution in [2.45, 2.75) is 50.8 Å². The monoisotopic (exact) mass is 314 g/mol. The fourth-order valence-electron chi connectivity index (χ4n) is 2.48. The maximum absolute atomic E-state index is 12.2. The molecule has 1 aromatic rings. The highest BCUT2D eigenvalue weighted by Crippen LogP contribution is 2.37. The van der Waals surface area contributed by atoms with E-state index in [-0.39, 0.29) is 16.7 Å². The zero-order valence-corrected chi connectivity index (χ0v) is 13.9. The number of nitrogens with one attached hydrogen (secondary N) is 2. The van der Waals surface area contributed by atoms with Gasteiger partial charge in [0, 0.05) is 19.0 Å². The minimum atomic E-state index is -0.247. The number of nitrogens with zero attached hydrogens (tertiary/aromatic N) is 2. The molecule has 7 heteroatoms. The van der Waals surface area contributed by atoms with Crippen LogP contribution in [-0.2, 0) is 11.2 Å². The van der Waals surface area contributed by atoms with E-state index in [0.717, 1.165) is 24.4 Å². The van der Waals surface area contributed by atoms with Crippen molar-refractivity contribution in [3.63, 3.8) is 0 Å². The van der Waals surface area contributed by atoms with Crippen molar-refractivity contribution in [3.8, 4) is 0 Å². The third-order valence-corrected chi connectivity index (χ3v) is 5.43. The first-order chi connectivity index (χ1) is 9.44. The van der Waals surface area contributed by atoms with E-state index >= 15 is 0 Å². The van der Waals surface area contributed by atoms with Gasteiger partial charge in [0.15, 0.2) is 4.77 Å². The molecule has 0 aliphatic carbocycles. The quantitative estimate of drug-likeness (QED) is 0.820. The van der Waals surface area contributed by atoms with Gasteiger partial charge in [-0.25, -0.2) is 0 Å². The van der Waals surface area contributed by atoms with Gasteiger partial charge in [0.05, 0.1) is 4.75 Å². The molecule has 5 nitrogen and oxygen atoms in total. The summed E-state index contributed by atoms with van der Waals surface area (Å²) in [5, 5.41) is 10.1. The molecule has 1 unspecified atom stereocenters. The number of rotatable bonds is 5. The highest BCUT2D eigenvalue weighted by atomic mass is 32.2. The number of hydrogen-bond acceptors (Lipinski definition) is 4. The number of thioether (sulfide) groups is 1. The normalized spacial score (nSPS) is 22.4. The molecule has 1 aliphatic rings. The molecule has 1 saturated heterocycles. The lowest BCUT2D eigenvalue weighted by atomic mass is 10.1. The van der Waals surface area contributed by atoms with Crippen molar-refractivity contribution in [2.75, 3.05) is 12.3 Å². The standard InChI is InChI=1S/C13H22N4OS2/c1-9(2)17-10(15-16-12(17)19)5-7-14-11(18)13(3)6-4-8-20-13/h9H,4-8H2,1-3H3,(H,14,18)(H,16,19). The summed E-state index contributed by atoms with van der Waals surface area (Å²) in [6.45, 7) is 6.78. The molecule has 20 heavy (non-hydrogen) atoms. The van der Waals surface area contributed by atoms with Crippen LogP contribution in [-0.4, -0.2) is 37.7 Å². The van der Waals surface area contributed by atoms with E-state index in [1.165, 1.54) is 0 Å². The maximum atomic E-state index is 12.2. The molecule has 0 spiro atoms. The minimum absolute atomic E-state index is 0.144. The number of H-pyrrole nitrogens is 1. The van der Waals surface area contributed by atoms with Gasteiger partial charge in [-0.15, -0.1) is 11.8 Å². The lowest BCUT2D eigenvalue weighted by Gasteiger charge is -2.21. The van der Waals surface area contributed by atoms with Gasteiger partial charge >= 0.3 is 0 Å². The number of aromatic amines is 1. The molecular weight excluding hydrogens is 292 g/mol. The Kier molecular flexibility index (Phi) is 4.90. The summed E-state index contributed by atoms with van der Waals surface area (Å²) in [7, 11) is 0. The SMILES string of the molecule is CC(C)n1c(CCNC(=O)C2(C)CCCS2)n[nH]c1=S. The summed E-state index contributed by atoms with van der Waals surface area (Å²) in [5.74, 6) is 2.12. The van der Waals surface area contributed by atoms with Gasteiger partial charge in [-0.3, -0.25) is 9.89 Å². The zero-order chi connectivity index (χ0) is 14.8. The van der Waals surface area contributed by atoms with E-state index in [2.05, 4.69) is 29.4 Å². The molecule has 2 heterocycles. The van der Waals surface area contributed by atoms with Gasteiger partial charge in [-0.05, 0) is 51.6 Å². The fourth-order valence-corrected chi connectivity index (χ4v) is 4.07. The molecule has 1 aliphatic heterocycles. The molecule has 1 amide bonds. The molecule has 2 rings (SSSR count). The fraction of sp³-hybridized carbons (Fsp3) is 0.769. The van der Waals surface area contributed by atoms with Crippen LogP contribution in [0.4, 0.5) is 0 Å². The third kappa shape index (κ3) is 3.25. The Labute approximate surface area is 128 Å².